The van der Waals surface area contributed by atoms with Gasteiger partial charge in [-0.25, -0.2) is 9.36 Å². The van der Waals surface area contributed by atoms with Crippen molar-refractivity contribution in [1.29, 1.82) is 0 Å². The van der Waals surface area contributed by atoms with Gasteiger partial charge in [0.2, 0.25) is 11.5 Å². The maximum Gasteiger partial charge on any atom is 0.352 e. The Morgan fingerprint density at radius 2 is 2.18 bits per heavy atom. The lowest BCUT2D eigenvalue weighted by Crippen LogP contribution is -2.71. The number of nitrogen functional groups attached to an aromatic ring is 1. The number of aliphatic carboxylic acids is 1. The van der Waals surface area contributed by atoms with E-state index in [0.29, 0.717) is 17.9 Å². The van der Waals surface area contributed by atoms with Gasteiger partial charge in [0, 0.05) is 29.4 Å². The number of oxime groups is 1. The topological polar surface area (TPSA) is 164 Å². The van der Waals surface area contributed by atoms with Gasteiger partial charge in [-0.05, 0) is 11.6 Å². The molecule has 2 amide bonds. The molecule has 0 aromatic carbocycles. The molecule has 4 heterocycles. The maximum absolute atomic E-state index is 12.9. The van der Waals surface area contributed by atoms with Crippen molar-refractivity contribution >= 4 is 51.9 Å². The number of aromatic nitrogens is 3. The summed E-state index contributed by atoms with van der Waals surface area (Å²) in [7, 11) is 1.26. The molecule has 2 aliphatic rings. The first-order valence-corrected chi connectivity index (χ1v) is 11.8. The lowest BCUT2D eigenvalue weighted by Gasteiger charge is -2.49. The Bertz CT molecular complexity index is 1210. The summed E-state index contributed by atoms with van der Waals surface area (Å²) in [5.41, 5.74) is 5.76. The predicted octanol–water partition coefficient (Wildman–Crippen LogP) is -0.247. The SMILES string of the molecule is CON=C(C(=O)NC1C(=O)N2C(C(=O)O)=C(C=CC[n+]3ccccc3)CS[C@H]12)c1nsc(N)n1. The van der Waals surface area contributed by atoms with Gasteiger partial charge in [-0.2, -0.15) is 9.36 Å². The van der Waals surface area contributed by atoms with Crippen molar-refractivity contribution in [3.05, 3.63) is 59.8 Å². The highest BCUT2D eigenvalue weighted by atomic mass is 32.2. The molecule has 14 heteroatoms. The van der Waals surface area contributed by atoms with Crippen molar-refractivity contribution in [1.82, 2.24) is 19.6 Å². The van der Waals surface area contributed by atoms with Gasteiger partial charge in [0.05, 0.1) is 0 Å². The number of carbonyl (C=O) groups excluding carboxylic acids is 2. The Morgan fingerprint density at radius 3 is 2.82 bits per heavy atom. The van der Waals surface area contributed by atoms with Crippen molar-refractivity contribution in [2.75, 3.05) is 18.6 Å². The summed E-state index contributed by atoms with van der Waals surface area (Å²) in [4.78, 5) is 47.4. The van der Waals surface area contributed by atoms with Crippen LogP contribution in [0.15, 0.2) is 59.2 Å². The van der Waals surface area contributed by atoms with Crippen LogP contribution in [0.25, 0.3) is 0 Å². The Hall–Kier alpha value is -3.78. The van der Waals surface area contributed by atoms with Crippen LogP contribution in [0.2, 0.25) is 0 Å². The molecule has 34 heavy (non-hydrogen) atoms. The highest BCUT2D eigenvalue weighted by Gasteiger charge is 2.54. The number of nitrogens with one attached hydrogen (secondary N) is 1. The number of carboxylic acid groups (broad SMARTS) is 1. The number of hydrogen-bond acceptors (Lipinski definition) is 10. The number of carboxylic acids is 1. The summed E-state index contributed by atoms with van der Waals surface area (Å²) in [5.74, 6) is -2.14. The molecule has 0 aliphatic carbocycles. The second-order valence-corrected chi connectivity index (χ2v) is 8.98. The van der Waals surface area contributed by atoms with Crippen LogP contribution in [-0.4, -0.2) is 67.1 Å². The average Bonchev–Trinajstić information content (AvgIpc) is 3.26. The Balaban J connectivity index is 1.49. The molecule has 4 N–H and O–H groups in total. The molecule has 1 saturated heterocycles. The molecule has 176 valence electrons. The van der Waals surface area contributed by atoms with E-state index in [-0.39, 0.29) is 22.4 Å². The van der Waals surface area contributed by atoms with E-state index in [1.54, 1.807) is 6.08 Å². The monoisotopic (exact) mass is 502 g/mol. The van der Waals surface area contributed by atoms with Gasteiger partial charge in [-0.3, -0.25) is 14.5 Å². The number of hydrogen-bond donors (Lipinski definition) is 3. The van der Waals surface area contributed by atoms with Crippen LogP contribution < -0.4 is 15.6 Å². The number of β-lactam (4-membered cyclic amide) rings is 1. The summed E-state index contributed by atoms with van der Waals surface area (Å²) in [5, 5.41) is 15.6. The fourth-order valence-electron chi connectivity index (χ4n) is 3.46. The first-order chi connectivity index (χ1) is 16.4. The second kappa shape index (κ2) is 10.0. The number of rotatable bonds is 8. The highest BCUT2D eigenvalue weighted by molar-refractivity contribution is 8.00. The Kier molecular flexibility index (Phi) is 6.88. The van der Waals surface area contributed by atoms with Gasteiger partial charge in [-0.1, -0.05) is 17.3 Å². The predicted molar refractivity (Wildman–Crippen MR) is 123 cm³/mol. The van der Waals surface area contributed by atoms with E-state index in [4.69, 9.17) is 10.6 Å². The molecule has 4 rings (SSSR count). The van der Waals surface area contributed by atoms with Crippen LogP contribution >= 0.6 is 23.3 Å². The molecule has 2 atom stereocenters. The van der Waals surface area contributed by atoms with Crippen molar-refractivity contribution < 1.29 is 28.9 Å². The average molecular weight is 503 g/mol. The van der Waals surface area contributed by atoms with Gasteiger partial charge in [0.15, 0.2) is 24.1 Å². The summed E-state index contributed by atoms with van der Waals surface area (Å²) in [6, 6.07) is 4.76. The van der Waals surface area contributed by atoms with Crippen molar-refractivity contribution in [2.24, 2.45) is 5.16 Å². The molecule has 2 aromatic heterocycles. The normalized spacial score (nSPS) is 20.2. The van der Waals surface area contributed by atoms with Gasteiger partial charge >= 0.3 is 5.97 Å². The third kappa shape index (κ3) is 4.63. The number of nitrogens with two attached hydrogens (primary N) is 1. The van der Waals surface area contributed by atoms with Crippen molar-refractivity contribution in [3.8, 4) is 0 Å². The lowest BCUT2D eigenvalue weighted by molar-refractivity contribution is -0.687. The molecule has 1 unspecified atom stereocenters. The minimum atomic E-state index is -1.21. The van der Waals surface area contributed by atoms with E-state index in [0.717, 1.165) is 11.5 Å². The van der Waals surface area contributed by atoms with Crippen LogP contribution in [0.4, 0.5) is 5.13 Å². The molecule has 0 bridgehead atoms. The van der Waals surface area contributed by atoms with Gasteiger partial charge in [0.1, 0.15) is 24.2 Å². The van der Waals surface area contributed by atoms with E-state index in [9.17, 15) is 19.5 Å². The fraction of sp³-hybridized carbons (Fsp3) is 0.250. The number of thioether (sulfide) groups is 1. The number of amides is 2. The third-order valence-electron chi connectivity index (χ3n) is 4.95. The molecular formula is C20H20N7O5S2+. The van der Waals surface area contributed by atoms with E-state index in [1.807, 2.05) is 41.2 Å². The summed E-state index contributed by atoms with van der Waals surface area (Å²) < 4.78 is 5.87. The maximum atomic E-state index is 12.9. The largest absolute Gasteiger partial charge is 0.477 e. The number of anilines is 1. The Labute approximate surface area is 202 Å². The number of nitrogens with zero attached hydrogens (tertiary/aromatic N) is 5. The second-order valence-electron chi connectivity index (χ2n) is 7.09. The number of carbonyl (C=O) groups is 3. The molecule has 1 fully saturated rings. The van der Waals surface area contributed by atoms with Gasteiger partial charge < -0.3 is 21.0 Å². The molecule has 0 saturated carbocycles. The van der Waals surface area contributed by atoms with E-state index in [1.165, 1.54) is 23.8 Å². The zero-order valence-electron chi connectivity index (χ0n) is 17.8. The third-order valence-corrected chi connectivity index (χ3v) is 6.80. The molecule has 12 nitrogen and oxygen atoms in total. The number of allylic oxidation sites excluding steroid dienone is 2. The highest BCUT2D eigenvalue weighted by Crippen LogP contribution is 2.40. The Morgan fingerprint density at radius 1 is 1.41 bits per heavy atom. The molecule has 2 aromatic rings. The number of pyridine rings is 1. The van der Waals surface area contributed by atoms with Gasteiger partial charge in [-0.15, -0.1) is 11.8 Å². The lowest BCUT2D eigenvalue weighted by atomic mass is 10.0. The molecular weight excluding hydrogens is 482 g/mol. The summed E-state index contributed by atoms with van der Waals surface area (Å²) >= 11 is 2.24. The molecule has 0 spiro atoms. The minimum Gasteiger partial charge on any atom is -0.477 e. The quantitative estimate of drug-likeness (QED) is 0.191. The van der Waals surface area contributed by atoms with Crippen LogP contribution in [0.5, 0.6) is 0 Å². The first kappa shape index (κ1) is 23.4. The van der Waals surface area contributed by atoms with Gasteiger partial charge in [0.25, 0.3) is 11.8 Å². The van der Waals surface area contributed by atoms with Crippen LogP contribution in [0.1, 0.15) is 5.82 Å². The zero-order chi connectivity index (χ0) is 24.2. The van der Waals surface area contributed by atoms with E-state index in [2.05, 4.69) is 19.8 Å². The van der Waals surface area contributed by atoms with E-state index >= 15 is 0 Å². The van der Waals surface area contributed by atoms with Crippen LogP contribution in [0, 0.1) is 0 Å². The van der Waals surface area contributed by atoms with Crippen LogP contribution in [0.3, 0.4) is 0 Å². The zero-order valence-corrected chi connectivity index (χ0v) is 19.5. The van der Waals surface area contributed by atoms with E-state index < -0.39 is 29.2 Å². The standard InChI is InChI=1S/C20H19N7O5S2/c1-32-24-12(15-23-20(21)34-25-15)16(28)22-13-17(29)27-14(19(30)31)11(10-33-18(13)27)6-5-9-26-7-3-2-4-8-26/h2-8,13,18H,9-10H2,1H3,(H3-,21,22,23,25,28,30,31)/p+1/t13?,18-/m1/s1. The number of fused-ring (bicyclic) bond motifs is 1. The molecule has 0 radical (unpaired) electrons. The molecule has 2 aliphatic heterocycles. The fourth-order valence-corrected chi connectivity index (χ4v) is 5.21. The summed E-state index contributed by atoms with van der Waals surface area (Å²) in [6.07, 6.45) is 7.34. The van der Waals surface area contributed by atoms with Crippen molar-refractivity contribution in [2.45, 2.75) is 18.0 Å². The van der Waals surface area contributed by atoms with Crippen LogP contribution in [-0.2, 0) is 25.8 Å². The van der Waals surface area contributed by atoms with Crippen molar-refractivity contribution in [3.63, 3.8) is 0 Å². The smallest absolute Gasteiger partial charge is 0.352 e. The summed E-state index contributed by atoms with van der Waals surface area (Å²) in [6.45, 7) is 0.550. The minimum absolute atomic E-state index is 0.0309. The first-order valence-electron chi connectivity index (χ1n) is 9.94.